The monoisotopic (exact) mass is 319 g/mol. The fourth-order valence-electron chi connectivity index (χ4n) is 1.94. The van der Waals surface area contributed by atoms with Crippen molar-refractivity contribution < 1.29 is 23.4 Å². The maximum absolute atomic E-state index is 12.4. The van der Waals surface area contributed by atoms with Crippen LogP contribution < -0.4 is 4.72 Å². The van der Waals surface area contributed by atoms with Crippen molar-refractivity contribution in [2.24, 2.45) is 0 Å². The van der Waals surface area contributed by atoms with Gasteiger partial charge in [-0.15, -0.1) is 0 Å². The van der Waals surface area contributed by atoms with E-state index in [1.54, 1.807) is 27.7 Å². The molecule has 120 valence electrons. The van der Waals surface area contributed by atoms with Crippen LogP contribution in [0.1, 0.15) is 31.7 Å². The molecule has 0 aliphatic heterocycles. The van der Waals surface area contributed by atoms with Crippen molar-refractivity contribution in [1.29, 1.82) is 0 Å². The van der Waals surface area contributed by atoms with Crippen LogP contribution in [-0.4, -0.2) is 46.5 Å². The van der Waals surface area contributed by atoms with Crippen LogP contribution in [0.5, 0.6) is 0 Å². The predicted octanol–water partition coefficient (Wildman–Crippen LogP) is 0.0238. The van der Waals surface area contributed by atoms with Crippen molar-refractivity contribution in [1.82, 2.24) is 14.5 Å². The molecule has 0 amide bonds. The van der Waals surface area contributed by atoms with Gasteiger partial charge in [0.05, 0.1) is 36.5 Å². The van der Waals surface area contributed by atoms with Crippen LogP contribution in [0.25, 0.3) is 0 Å². The summed E-state index contributed by atoms with van der Waals surface area (Å²) in [6, 6.07) is 0. The number of aromatic nitrogens is 2. The molecule has 21 heavy (non-hydrogen) atoms. The first kappa shape index (κ1) is 17.6. The van der Waals surface area contributed by atoms with E-state index in [4.69, 9.17) is 5.11 Å². The summed E-state index contributed by atoms with van der Waals surface area (Å²) < 4.78 is 28.6. The number of rotatable bonds is 7. The molecule has 0 aliphatic rings. The third-order valence-corrected chi connectivity index (χ3v) is 4.88. The third kappa shape index (κ3) is 4.26. The number of hydrogen-bond acceptors (Lipinski definition) is 5. The Kier molecular flexibility index (Phi) is 5.13. The summed E-state index contributed by atoms with van der Waals surface area (Å²) in [5, 5.41) is 21.9. The molecular formula is C12H21N3O5S. The molecule has 0 atom stereocenters. The molecule has 0 fully saturated rings. The first-order valence-corrected chi connectivity index (χ1v) is 7.89. The molecule has 1 rings (SSSR count). The average molecular weight is 319 g/mol. The minimum atomic E-state index is -3.85. The molecule has 0 aliphatic carbocycles. The van der Waals surface area contributed by atoms with Crippen molar-refractivity contribution >= 4 is 16.0 Å². The van der Waals surface area contributed by atoms with Gasteiger partial charge in [-0.25, -0.2) is 13.1 Å². The predicted molar refractivity (Wildman–Crippen MR) is 75.4 cm³/mol. The first-order chi connectivity index (χ1) is 9.50. The van der Waals surface area contributed by atoms with Gasteiger partial charge in [0.2, 0.25) is 10.0 Å². The van der Waals surface area contributed by atoms with Gasteiger partial charge in [0, 0.05) is 0 Å². The number of aryl methyl sites for hydroxylation is 2. The Labute approximate surface area is 123 Å². The van der Waals surface area contributed by atoms with Gasteiger partial charge in [-0.3, -0.25) is 9.48 Å². The van der Waals surface area contributed by atoms with Crippen LogP contribution in [0.3, 0.4) is 0 Å². The van der Waals surface area contributed by atoms with Gasteiger partial charge in [0.1, 0.15) is 4.90 Å². The molecule has 0 radical (unpaired) electrons. The number of carbonyl (C=O) groups is 1. The second-order valence-electron chi connectivity index (χ2n) is 5.51. The minimum absolute atomic E-state index is 0.0226. The van der Waals surface area contributed by atoms with Crippen molar-refractivity contribution in [3.63, 3.8) is 0 Å². The normalized spacial score (nSPS) is 12.6. The summed E-state index contributed by atoms with van der Waals surface area (Å²) in [5.74, 6) is -0.980. The number of nitrogens with one attached hydrogen (secondary N) is 1. The quantitative estimate of drug-likeness (QED) is 0.651. The number of nitrogens with zero attached hydrogens (tertiary/aromatic N) is 2. The summed E-state index contributed by atoms with van der Waals surface area (Å²) in [4.78, 5) is 10.6. The lowest BCUT2D eigenvalue weighted by molar-refractivity contribution is -0.137. The molecule has 1 heterocycles. The van der Waals surface area contributed by atoms with Crippen LogP contribution in [0.2, 0.25) is 0 Å². The summed E-state index contributed by atoms with van der Waals surface area (Å²) in [5.41, 5.74) is -0.338. The number of carboxylic acids is 1. The maximum Gasteiger partial charge on any atom is 0.305 e. The Balaban J connectivity index is 3.16. The molecule has 0 aromatic carbocycles. The van der Waals surface area contributed by atoms with Crippen molar-refractivity contribution in [2.45, 2.75) is 51.1 Å². The highest BCUT2D eigenvalue weighted by Gasteiger charge is 2.30. The SMILES string of the molecule is Cc1nn(CCC(=O)O)c(C)c1S(=O)(=O)NC(C)(C)CO. The van der Waals surface area contributed by atoms with Crippen molar-refractivity contribution in [3.8, 4) is 0 Å². The molecule has 0 bridgehead atoms. The number of sulfonamides is 1. The number of aliphatic carboxylic acids is 1. The Morgan fingerprint density at radius 1 is 1.38 bits per heavy atom. The van der Waals surface area contributed by atoms with E-state index < -0.39 is 21.5 Å². The van der Waals surface area contributed by atoms with Crippen LogP contribution in [0.15, 0.2) is 4.90 Å². The van der Waals surface area contributed by atoms with Gasteiger partial charge in [0.25, 0.3) is 0 Å². The fourth-order valence-corrected chi connectivity index (χ4v) is 3.75. The van der Waals surface area contributed by atoms with E-state index in [0.29, 0.717) is 11.4 Å². The van der Waals surface area contributed by atoms with Crippen LogP contribution in [0, 0.1) is 13.8 Å². The molecule has 0 spiro atoms. The number of aliphatic hydroxyl groups excluding tert-OH is 1. The molecule has 1 aromatic heterocycles. The van der Waals surface area contributed by atoms with E-state index in [-0.39, 0.29) is 24.5 Å². The van der Waals surface area contributed by atoms with Crippen LogP contribution in [0.4, 0.5) is 0 Å². The van der Waals surface area contributed by atoms with E-state index in [1.807, 2.05) is 0 Å². The lowest BCUT2D eigenvalue weighted by atomic mass is 10.1. The molecule has 3 N–H and O–H groups in total. The second kappa shape index (κ2) is 6.12. The molecule has 8 nitrogen and oxygen atoms in total. The number of carboxylic acid groups (broad SMARTS) is 1. The molecular weight excluding hydrogens is 298 g/mol. The van der Waals surface area contributed by atoms with E-state index in [0.717, 1.165) is 0 Å². The highest BCUT2D eigenvalue weighted by molar-refractivity contribution is 7.89. The highest BCUT2D eigenvalue weighted by atomic mass is 32.2. The van der Waals surface area contributed by atoms with E-state index in [1.165, 1.54) is 4.68 Å². The number of aliphatic hydroxyl groups is 1. The lowest BCUT2D eigenvalue weighted by Crippen LogP contribution is -2.46. The molecule has 0 saturated heterocycles. The average Bonchev–Trinajstić information content (AvgIpc) is 2.61. The Morgan fingerprint density at radius 3 is 2.43 bits per heavy atom. The lowest BCUT2D eigenvalue weighted by Gasteiger charge is -2.23. The smallest absolute Gasteiger partial charge is 0.305 e. The van der Waals surface area contributed by atoms with Gasteiger partial charge >= 0.3 is 5.97 Å². The van der Waals surface area contributed by atoms with Gasteiger partial charge in [0.15, 0.2) is 0 Å². The van der Waals surface area contributed by atoms with Gasteiger partial charge in [-0.1, -0.05) is 0 Å². The molecule has 1 aromatic rings. The van der Waals surface area contributed by atoms with Gasteiger partial charge < -0.3 is 10.2 Å². The molecule has 0 unspecified atom stereocenters. The topological polar surface area (TPSA) is 122 Å². The van der Waals surface area contributed by atoms with Crippen LogP contribution >= 0.6 is 0 Å². The van der Waals surface area contributed by atoms with Gasteiger partial charge in [-0.05, 0) is 27.7 Å². The Hall–Kier alpha value is -1.45. The first-order valence-electron chi connectivity index (χ1n) is 6.41. The standard InChI is InChI=1S/C12H21N3O5S/c1-8-11(21(19,20)14-12(3,4)7-16)9(2)15(13-8)6-5-10(17)18/h14,16H,5-7H2,1-4H3,(H,17,18). The Bertz CT molecular complexity index is 634. The maximum atomic E-state index is 12.4. The largest absolute Gasteiger partial charge is 0.481 e. The van der Waals surface area contributed by atoms with E-state index in [2.05, 4.69) is 9.82 Å². The van der Waals surface area contributed by atoms with E-state index >= 15 is 0 Å². The second-order valence-corrected chi connectivity index (χ2v) is 7.13. The zero-order chi connectivity index (χ0) is 16.4. The number of hydrogen-bond donors (Lipinski definition) is 3. The zero-order valence-corrected chi connectivity index (χ0v) is 13.4. The fraction of sp³-hybridized carbons (Fsp3) is 0.667. The van der Waals surface area contributed by atoms with Crippen molar-refractivity contribution in [2.75, 3.05) is 6.61 Å². The van der Waals surface area contributed by atoms with Gasteiger partial charge in [-0.2, -0.15) is 5.10 Å². The minimum Gasteiger partial charge on any atom is -0.481 e. The summed E-state index contributed by atoms with van der Waals surface area (Å²) in [6.07, 6.45) is -0.142. The molecule has 0 saturated carbocycles. The third-order valence-electron chi connectivity index (χ3n) is 2.93. The zero-order valence-electron chi connectivity index (χ0n) is 12.5. The molecule has 9 heteroatoms. The summed E-state index contributed by atoms with van der Waals surface area (Å²) in [6.45, 7) is 5.99. The van der Waals surface area contributed by atoms with Crippen molar-refractivity contribution in [3.05, 3.63) is 11.4 Å². The Morgan fingerprint density at radius 2 is 1.95 bits per heavy atom. The van der Waals surface area contributed by atoms with E-state index in [9.17, 15) is 18.3 Å². The summed E-state index contributed by atoms with van der Waals surface area (Å²) >= 11 is 0. The highest BCUT2D eigenvalue weighted by Crippen LogP contribution is 2.21. The van der Waals surface area contributed by atoms with Crippen LogP contribution in [-0.2, 0) is 21.4 Å². The summed E-state index contributed by atoms with van der Waals surface area (Å²) in [7, 11) is -3.85.